The van der Waals surface area contributed by atoms with E-state index in [2.05, 4.69) is 24.3 Å². The third-order valence-corrected chi connectivity index (χ3v) is 4.75. The molecule has 16 heavy (non-hydrogen) atoms. The highest BCUT2D eigenvalue weighted by Gasteiger charge is 2.27. The van der Waals surface area contributed by atoms with Gasteiger partial charge in [0.1, 0.15) is 0 Å². The van der Waals surface area contributed by atoms with Gasteiger partial charge in [0.15, 0.2) is 0 Å². The monoisotopic (exact) mass is 224 g/mol. The molecule has 0 spiro atoms. The lowest BCUT2D eigenvalue weighted by Crippen LogP contribution is -2.44. The fourth-order valence-corrected chi connectivity index (χ4v) is 3.67. The minimum atomic E-state index is 0.776. The van der Waals surface area contributed by atoms with E-state index in [1.54, 1.807) is 0 Å². The highest BCUT2D eigenvalue weighted by atomic mass is 15.1. The minimum absolute atomic E-state index is 0.776. The van der Waals surface area contributed by atoms with Gasteiger partial charge >= 0.3 is 0 Å². The molecule has 2 nitrogen and oxygen atoms in total. The Balaban J connectivity index is 1.81. The molecule has 2 aliphatic carbocycles. The molecule has 2 saturated carbocycles. The van der Waals surface area contributed by atoms with Crippen LogP contribution in [-0.4, -0.2) is 37.6 Å². The van der Waals surface area contributed by atoms with Gasteiger partial charge in [-0.05, 0) is 45.7 Å². The number of nitrogens with one attached hydrogen (secondary N) is 1. The first kappa shape index (κ1) is 12.4. The predicted octanol–water partition coefficient (Wildman–Crippen LogP) is 2.64. The van der Waals surface area contributed by atoms with E-state index in [9.17, 15) is 0 Å². The quantitative estimate of drug-likeness (QED) is 0.790. The Kier molecular flexibility index (Phi) is 4.66. The third kappa shape index (κ3) is 2.98. The average molecular weight is 224 g/mol. The fourth-order valence-electron chi connectivity index (χ4n) is 3.67. The molecule has 2 atom stereocenters. The first-order chi connectivity index (χ1) is 7.81. The standard InChI is InChI=1S/C14H28N2/c1-15-14-10-6-3-7-12(14)11-16(2)13-8-4-5-9-13/h12-15H,3-11H2,1-2H3. The lowest BCUT2D eigenvalue weighted by atomic mass is 9.84. The van der Waals surface area contributed by atoms with Crippen LogP contribution in [0.4, 0.5) is 0 Å². The van der Waals surface area contributed by atoms with Crippen molar-refractivity contribution in [3.05, 3.63) is 0 Å². The van der Waals surface area contributed by atoms with E-state index in [1.165, 1.54) is 57.9 Å². The first-order valence-electron chi connectivity index (χ1n) is 7.18. The zero-order valence-corrected chi connectivity index (χ0v) is 11.0. The topological polar surface area (TPSA) is 15.3 Å². The van der Waals surface area contributed by atoms with Gasteiger partial charge in [0.25, 0.3) is 0 Å². The van der Waals surface area contributed by atoms with Crippen LogP contribution < -0.4 is 5.32 Å². The average Bonchev–Trinajstić information content (AvgIpc) is 2.83. The summed E-state index contributed by atoms with van der Waals surface area (Å²) in [7, 11) is 4.48. The van der Waals surface area contributed by atoms with Crippen molar-refractivity contribution in [3.63, 3.8) is 0 Å². The maximum atomic E-state index is 3.52. The molecule has 94 valence electrons. The molecule has 0 aromatic rings. The minimum Gasteiger partial charge on any atom is -0.317 e. The van der Waals surface area contributed by atoms with Gasteiger partial charge in [-0.15, -0.1) is 0 Å². The van der Waals surface area contributed by atoms with Crippen LogP contribution in [0.25, 0.3) is 0 Å². The Morgan fingerprint density at radius 1 is 1.00 bits per heavy atom. The molecule has 2 aliphatic rings. The summed E-state index contributed by atoms with van der Waals surface area (Å²) in [6.45, 7) is 1.32. The molecule has 0 bridgehead atoms. The third-order valence-electron chi connectivity index (χ3n) is 4.75. The van der Waals surface area contributed by atoms with Crippen LogP contribution in [0.1, 0.15) is 51.4 Å². The summed E-state index contributed by atoms with van der Waals surface area (Å²) in [5, 5.41) is 3.52. The number of hydrogen-bond donors (Lipinski definition) is 1. The van der Waals surface area contributed by atoms with Crippen molar-refractivity contribution in [3.8, 4) is 0 Å². The smallest absolute Gasteiger partial charge is 0.0104 e. The summed E-state index contributed by atoms with van der Waals surface area (Å²) in [5.74, 6) is 0.893. The van der Waals surface area contributed by atoms with E-state index in [4.69, 9.17) is 0 Å². The summed E-state index contributed by atoms with van der Waals surface area (Å²) < 4.78 is 0. The van der Waals surface area contributed by atoms with Crippen LogP contribution in [-0.2, 0) is 0 Å². The number of hydrogen-bond acceptors (Lipinski definition) is 2. The molecule has 0 aromatic heterocycles. The van der Waals surface area contributed by atoms with E-state index in [0.717, 1.165) is 18.0 Å². The van der Waals surface area contributed by atoms with Gasteiger partial charge in [0, 0.05) is 18.6 Å². The number of nitrogens with zero attached hydrogens (tertiary/aromatic N) is 1. The van der Waals surface area contributed by atoms with E-state index < -0.39 is 0 Å². The summed E-state index contributed by atoms with van der Waals surface area (Å²) in [6, 6.07) is 1.66. The first-order valence-corrected chi connectivity index (χ1v) is 7.18. The Hall–Kier alpha value is -0.0800. The van der Waals surface area contributed by atoms with Crippen LogP contribution in [0.2, 0.25) is 0 Å². The highest BCUT2D eigenvalue weighted by molar-refractivity contribution is 4.84. The Bertz CT molecular complexity index is 199. The van der Waals surface area contributed by atoms with Gasteiger partial charge in [0.2, 0.25) is 0 Å². The maximum absolute atomic E-state index is 3.52. The molecular weight excluding hydrogens is 196 g/mol. The van der Waals surface area contributed by atoms with Crippen LogP contribution in [0.3, 0.4) is 0 Å². The molecule has 0 radical (unpaired) electrons. The van der Waals surface area contributed by atoms with Crippen molar-refractivity contribution in [2.75, 3.05) is 20.6 Å². The van der Waals surface area contributed by atoms with Crippen LogP contribution >= 0.6 is 0 Å². The molecule has 0 heterocycles. The molecular formula is C14H28N2. The second-order valence-electron chi connectivity index (χ2n) is 5.82. The fraction of sp³-hybridized carbons (Fsp3) is 1.00. The zero-order valence-electron chi connectivity index (χ0n) is 11.0. The largest absolute Gasteiger partial charge is 0.317 e. The van der Waals surface area contributed by atoms with Crippen molar-refractivity contribution in [1.82, 2.24) is 10.2 Å². The van der Waals surface area contributed by atoms with Crippen molar-refractivity contribution in [1.29, 1.82) is 0 Å². The van der Waals surface area contributed by atoms with Gasteiger partial charge in [-0.1, -0.05) is 25.7 Å². The van der Waals surface area contributed by atoms with Gasteiger partial charge in [-0.2, -0.15) is 0 Å². The molecule has 2 unspecified atom stereocenters. The van der Waals surface area contributed by atoms with Crippen LogP contribution in [0, 0.1) is 5.92 Å². The van der Waals surface area contributed by atoms with Gasteiger partial charge in [-0.3, -0.25) is 0 Å². The molecule has 2 heteroatoms. The summed E-state index contributed by atoms with van der Waals surface area (Å²) in [5.41, 5.74) is 0. The number of rotatable bonds is 4. The second kappa shape index (κ2) is 6.02. The normalized spacial score (nSPS) is 32.4. The molecule has 0 aliphatic heterocycles. The van der Waals surface area contributed by atoms with Crippen LogP contribution in [0.15, 0.2) is 0 Å². The molecule has 2 fully saturated rings. The molecule has 0 saturated heterocycles. The van der Waals surface area contributed by atoms with E-state index in [-0.39, 0.29) is 0 Å². The van der Waals surface area contributed by atoms with Gasteiger partial charge < -0.3 is 10.2 Å². The highest BCUT2D eigenvalue weighted by Crippen LogP contribution is 2.28. The lowest BCUT2D eigenvalue weighted by Gasteiger charge is -2.36. The summed E-state index contributed by atoms with van der Waals surface area (Å²) in [6.07, 6.45) is 11.5. The van der Waals surface area contributed by atoms with Crippen molar-refractivity contribution in [2.45, 2.75) is 63.5 Å². The molecule has 1 N–H and O–H groups in total. The van der Waals surface area contributed by atoms with Gasteiger partial charge in [0.05, 0.1) is 0 Å². The summed E-state index contributed by atoms with van der Waals surface area (Å²) in [4.78, 5) is 2.65. The Morgan fingerprint density at radius 3 is 2.31 bits per heavy atom. The maximum Gasteiger partial charge on any atom is 0.0104 e. The van der Waals surface area contributed by atoms with Crippen molar-refractivity contribution in [2.24, 2.45) is 5.92 Å². The SMILES string of the molecule is CNC1CCCCC1CN(C)C1CCCC1. The van der Waals surface area contributed by atoms with E-state index in [0.29, 0.717) is 0 Å². The lowest BCUT2D eigenvalue weighted by molar-refractivity contribution is 0.159. The zero-order chi connectivity index (χ0) is 11.4. The van der Waals surface area contributed by atoms with Crippen LogP contribution in [0.5, 0.6) is 0 Å². The second-order valence-corrected chi connectivity index (χ2v) is 5.82. The molecule has 0 amide bonds. The molecule has 0 aromatic carbocycles. The van der Waals surface area contributed by atoms with E-state index in [1.807, 2.05) is 0 Å². The van der Waals surface area contributed by atoms with Crippen molar-refractivity contribution < 1.29 is 0 Å². The molecule has 2 rings (SSSR count). The predicted molar refractivity (Wildman–Crippen MR) is 69.7 cm³/mol. The Labute approximate surface area is 101 Å². The Morgan fingerprint density at radius 2 is 1.62 bits per heavy atom. The van der Waals surface area contributed by atoms with Gasteiger partial charge in [-0.25, -0.2) is 0 Å². The van der Waals surface area contributed by atoms with Crippen molar-refractivity contribution >= 4 is 0 Å². The van der Waals surface area contributed by atoms with E-state index >= 15 is 0 Å². The summed E-state index contributed by atoms with van der Waals surface area (Å²) >= 11 is 0.